The number of halogens is 2. The number of carbonyl (C=O) groups excluding carboxylic acids is 1. The highest BCUT2D eigenvalue weighted by molar-refractivity contribution is 6.04. The Morgan fingerprint density at radius 1 is 1.11 bits per heavy atom. The number of anilines is 1. The van der Waals surface area contributed by atoms with Crippen LogP contribution in [-0.4, -0.2) is 5.91 Å². The van der Waals surface area contributed by atoms with Gasteiger partial charge >= 0.3 is 0 Å². The minimum absolute atomic E-state index is 0.0231. The van der Waals surface area contributed by atoms with Gasteiger partial charge in [0, 0.05) is 17.8 Å². The third-order valence-electron chi connectivity index (χ3n) is 2.64. The standard InChI is InChI=1S/C14H12F2N2O/c15-12-6-5-10(7-9(12)8-17)18-14(19)11-3-1-2-4-13(11)16/h1-7H,8,17H2,(H,18,19). The van der Waals surface area contributed by atoms with Crippen LogP contribution in [0.4, 0.5) is 14.5 Å². The summed E-state index contributed by atoms with van der Waals surface area (Å²) in [7, 11) is 0. The van der Waals surface area contributed by atoms with Gasteiger partial charge in [0.15, 0.2) is 0 Å². The molecule has 0 bridgehead atoms. The fourth-order valence-electron chi connectivity index (χ4n) is 1.65. The second-order valence-electron chi connectivity index (χ2n) is 3.94. The van der Waals surface area contributed by atoms with E-state index in [1.54, 1.807) is 6.07 Å². The molecule has 0 fully saturated rings. The predicted molar refractivity (Wildman–Crippen MR) is 68.6 cm³/mol. The van der Waals surface area contributed by atoms with Crippen LogP contribution >= 0.6 is 0 Å². The lowest BCUT2D eigenvalue weighted by atomic mass is 10.1. The molecule has 0 aliphatic heterocycles. The fourth-order valence-corrected chi connectivity index (χ4v) is 1.65. The molecule has 0 atom stereocenters. The third-order valence-corrected chi connectivity index (χ3v) is 2.64. The predicted octanol–water partition coefficient (Wildman–Crippen LogP) is 2.68. The molecule has 0 spiro atoms. The van der Waals surface area contributed by atoms with Gasteiger partial charge in [0.05, 0.1) is 5.56 Å². The lowest BCUT2D eigenvalue weighted by Gasteiger charge is -2.08. The van der Waals surface area contributed by atoms with Crippen LogP contribution in [0.5, 0.6) is 0 Å². The third kappa shape index (κ3) is 2.95. The van der Waals surface area contributed by atoms with Crippen molar-refractivity contribution in [3.05, 3.63) is 65.2 Å². The molecule has 0 heterocycles. The highest BCUT2D eigenvalue weighted by atomic mass is 19.1. The van der Waals surface area contributed by atoms with Crippen molar-refractivity contribution in [2.75, 3.05) is 5.32 Å². The molecular formula is C14H12F2N2O. The molecule has 2 aromatic rings. The molecule has 3 nitrogen and oxygen atoms in total. The molecule has 0 saturated carbocycles. The van der Waals surface area contributed by atoms with Gasteiger partial charge in [-0.15, -0.1) is 0 Å². The molecule has 5 heteroatoms. The Balaban J connectivity index is 2.22. The maximum absolute atomic E-state index is 13.4. The maximum Gasteiger partial charge on any atom is 0.258 e. The maximum atomic E-state index is 13.4. The zero-order valence-electron chi connectivity index (χ0n) is 9.99. The number of benzene rings is 2. The Morgan fingerprint density at radius 3 is 2.53 bits per heavy atom. The molecule has 1 amide bonds. The summed E-state index contributed by atoms with van der Waals surface area (Å²) in [6.45, 7) is 0.0231. The van der Waals surface area contributed by atoms with Crippen molar-refractivity contribution in [2.45, 2.75) is 6.54 Å². The van der Waals surface area contributed by atoms with Gasteiger partial charge in [-0.25, -0.2) is 8.78 Å². The van der Waals surface area contributed by atoms with Crippen molar-refractivity contribution in [1.82, 2.24) is 0 Å². The molecule has 0 unspecified atom stereocenters. The molecule has 0 aliphatic carbocycles. The van der Waals surface area contributed by atoms with Gasteiger partial charge in [0.1, 0.15) is 11.6 Å². The summed E-state index contributed by atoms with van der Waals surface area (Å²) in [5.41, 5.74) is 5.96. The summed E-state index contributed by atoms with van der Waals surface area (Å²) < 4.78 is 26.7. The Hall–Kier alpha value is -2.27. The molecule has 0 aromatic heterocycles. The second kappa shape index (κ2) is 5.58. The van der Waals surface area contributed by atoms with Crippen LogP contribution in [0.3, 0.4) is 0 Å². The Bertz CT molecular complexity index is 614. The van der Waals surface area contributed by atoms with Gasteiger partial charge < -0.3 is 11.1 Å². The van der Waals surface area contributed by atoms with Gasteiger partial charge in [-0.2, -0.15) is 0 Å². The Labute approximate surface area is 109 Å². The molecule has 2 aromatic carbocycles. The summed E-state index contributed by atoms with van der Waals surface area (Å²) in [4.78, 5) is 11.8. The average Bonchev–Trinajstić information content (AvgIpc) is 2.41. The summed E-state index contributed by atoms with van der Waals surface area (Å²) >= 11 is 0. The zero-order valence-corrected chi connectivity index (χ0v) is 9.99. The van der Waals surface area contributed by atoms with Crippen molar-refractivity contribution in [1.29, 1.82) is 0 Å². The van der Waals surface area contributed by atoms with Crippen molar-refractivity contribution < 1.29 is 13.6 Å². The average molecular weight is 262 g/mol. The van der Waals surface area contributed by atoms with Crippen LogP contribution < -0.4 is 11.1 Å². The van der Waals surface area contributed by atoms with E-state index in [0.29, 0.717) is 5.69 Å². The Morgan fingerprint density at radius 2 is 1.84 bits per heavy atom. The summed E-state index contributed by atoms with van der Waals surface area (Å²) in [5.74, 6) is -1.64. The lowest BCUT2D eigenvalue weighted by molar-refractivity contribution is 0.102. The van der Waals surface area contributed by atoms with E-state index >= 15 is 0 Å². The van der Waals surface area contributed by atoms with Crippen molar-refractivity contribution in [2.24, 2.45) is 5.73 Å². The molecule has 0 saturated heterocycles. The summed E-state index contributed by atoms with van der Waals surface area (Å²) in [6.07, 6.45) is 0. The normalized spacial score (nSPS) is 10.3. The number of nitrogens with two attached hydrogens (primary N) is 1. The second-order valence-corrected chi connectivity index (χ2v) is 3.94. The van der Waals surface area contributed by atoms with E-state index in [-0.39, 0.29) is 17.7 Å². The number of nitrogens with one attached hydrogen (secondary N) is 1. The first-order valence-corrected chi connectivity index (χ1v) is 5.66. The molecule has 3 N–H and O–H groups in total. The van der Waals surface area contributed by atoms with Crippen LogP contribution in [0.15, 0.2) is 42.5 Å². The number of rotatable bonds is 3. The van der Waals surface area contributed by atoms with Gasteiger partial charge in [-0.1, -0.05) is 12.1 Å². The van der Waals surface area contributed by atoms with Crippen LogP contribution in [0.25, 0.3) is 0 Å². The van der Waals surface area contributed by atoms with Crippen LogP contribution in [0.1, 0.15) is 15.9 Å². The summed E-state index contributed by atoms with van der Waals surface area (Å²) in [5, 5.41) is 2.50. The number of carbonyl (C=O) groups is 1. The molecule has 0 radical (unpaired) electrons. The van der Waals surface area contributed by atoms with Gasteiger partial charge in [-0.3, -0.25) is 4.79 Å². The molecule has 0 aliphatic rings. The highest BCUT2D eigenvalue weighted by Gasteiger charge is 2.11. The van der Waals surface area contributed by atoms with Crippen molar-refractivity contribution in [3.8, 4) is 0 Å². The first kappa shape index (κ1) is 13.2. The SMILES string of the molecule is NCc1cc(NC(=O)c2ccccc2F)ccc1F. The smallest absolute Gasteiger partial charge is 0.258 e. The van der Waals surface area contributed by atoms with E-state index in [2.05, 4.69) is 5.32 Å². The van der Waals surface area contributed by atoms with Gasteiger partial charge in [-0.05, 0) is 30.3 Å². The first-order chi connectivity index (χ1) is 9.11. The molecule has 98 valence electrons. The molecular weight excluding hydrogens is 250 g/mol. The number of hydrogen-bond acceptors (Lipinski definition) is 2. The minimum atomic E-state index is -0.610. The van der Waals surface area contributed by atoms with Crippen LogP contribution in [0, 0.1) is 11.6 Å². The van der Waals surface area contributed by atoms with E-state index in [4.69, 9.17) is 5.73 Å². The fraction of sp³-hybridized carbons (Fsp3) is 0.0714. The van der Waals surface area contributed by atoms with E-state index < -0.39 is 17.5 Å². The van der Waals surface area contributed by atoms with E-state index in [9.17, 15) is 13.6 Å². The largest absolute Gasteiger partial charge is 0.326 e. The minimum Gasteiger partial charge on any atom is -0.326 e. The zero-order chi connectivity index (χ0) is 13.8. The lowest BCUT2D eigenvalue weighted by Crippen LogP contribution is -2.14. The Kier molecular flexibility index (Phi) is 3.87. The highest BCUT2D eigenvalue weighted by Crippen LogP contribution is 2.16. The van der Waals surface area contributed by atoms with E-state index in [1.807, 2.05) is 0 Å². The topological polar surface area (TPSA) is 55.1 Å². The van der Waals surface area contributed by atoms with Gasteiger partial charge in [0.25, 0.3) is 5.91 Å². The van der Waals surface area contributed by atoms with E-state index in [0.717, 1.165) is 0 Å². The van der Waals surface area contributed by atoms with Crippen molar-refractivity contribution in [3.63, 3.8) is 0 Å². The number of amides is 1. The monoisotopic (exact) mass is 262 g/mol. The first-order valence-electron chi connectivity index (χ1n) is 5.66. The van der Waals surface area contributed by atoms with Crippen LogP contribution in [-0.2, 0) is 6.54 Å². The molecule has 2 rings (SSSR count). The van der Waals surface area contributed by atoms with E-state index in [1.165, 1.54) is 36.4 Å². The summed E-state index contributed by atoms with van der Waals surface area (Å²) in [6, 6.07) is 9.66. The quantitative estimate of drug-likeness (QED) is 0.893. The van der Waals surface area contributed by atoms with Crippen LogP contribution in [0.2, 0.25) is 0 Å². The number of hydrogen-bond donors (Lipinski definition) is 2. The molecule has 19 heavy (non-hydrogen) atoms. The van der Waals surface area contributed by atoms with Crippen molar-refractivity contribution >= 4 is 11.6 Å². The van der Waals surface area contributed by atoms with Gasteiger partial charge in [0.2, 0.25) is 0 Å².